The number of methoxy groups -OCH3 is 3. The van der Waals surface area contributed by atoms with Crippen LogP contribution in [0.1, 0.15) is 23.0 Å². The minimum Gasteiger partial charge on any atom is -0.493 e. The predicted molar refractivity (Wildman–Crippen MR) is 149 cm³/mol. The zero-order chi connectivity index (χ0) is 27.5. The van der Waals surface area contributed by atoms with Crippen molar-refractivity contribution in [3.8, 4) is 22.6 Å². The maximum atomic E-state index is 13.6. The average molecular weight is 547 g/mol. The van der Waals surface area contributed by atoms with Gasteiger partial charge in [-0.05, 0) is 60.5 Å². The van der Waals surface area contributed by atoms with E-state index >= 15 is 0 Å². The van der Waals surface area contributed by atoms with Gasteiger partial charge in [-0.3, -0.25) is 5.32 Å². The molecule has 0 atom stereocenters. The number of nitrogens with one attached hydrogen (secondary N) is 1. The quantitative estimate of drug-likeness (QED) is 0.245. The zero-order valence-corrected chi connectivity index (χ0v) is 22.6. The molecule has 0 spiro atoms. The molecule has 0 bridgehead atoms. The number of anilines is 1. The number of rotatable bonds is 8. The van der Waals surface area contributed by atoms with Crippen LogP contribution in [0.5, 0.6) is 11.5 Å². The van der Waals surface area contributed by atoms with E-state index in [0.29, 0.717) is 40.6 Å². The first-order valence-corrected chi connectivity index (χ1v) is 12.8. The molecule has 1 amide bonds. The molecule has 5 rings (SSSR count). The van der Waals surface area contributed by atoms with E-state index in [1.807, 2.05) is 47.0 Å². The summed E-state index contributed by atoms with van der Waals surface area (Å²) >= 11 is 1.15. The SMILES string of the molecule is CCOC(=O)c1c(-c2ccc(OC)c(OC)c2)c2cc(NC(=O)OC)ccc2n1Cc1ccc2nsnc2c1. The van der Waals surface area contributed by atoms with E-state index in [4.69, 9.17) is 18.9 Å². The lowest BCUT2D eigenvalue weighted by Gasteiger charge is -2.13. The van der Waals surface area contributed by atoms with Crippen molar-refractivity contribution in [2.24, 2.45) is 0 Å². The monoisotopic (exact) mass is 546 g/mol. The Hall–Kier alpha value is -4.64. The Balaban J connectivity index is 1.78. The molecule has 0 fully saturated rings. The van der Waals surface area contributed by atoms with Crippen LogP contribution < -0.4 is 14.8 Å². The van der Waals surface area contributed by atoms with Gasteiger partial charge in [0, 0.05) is 28.7 Å². The van der Waals surface area contributed by atoms with Gasteiger partial charge in [0.25, 0.3) is 0 Å². The standard InChI is InChI=1S/C28H26N4O6S/c1-5-38-27(33)26-25(17-7-11-23(35-2)24(13-17)36-3)19-14-18(29-28(34)37-4)8-10-22(19)32(26)15-16-6-9-20-21(12-16)31-39-30-20/h6-14H,5,15H2,1-4H3,(H,29,34). The molecule has 0 unspecified atom stereocenters. The van der Waals surface area contributed by atoms with Crippen LogP contribution in [0, 0.1) is 0 Å². The van der Waals surface area contributed by atoms with Gasteiger partial charge in [0.2, 0.25) is 0 Å². The van der Waals surface area contributed by atoms with Crippen molar-refractivity contribution < 1.29 is 28.5 Å². The van der Waals surface area contributed by atoms with Crippen LogP contribution in [0.15, 0.2) is 54.6 Å². The van der Waals surface area contributed by atoms with E-state index in [1.165, 1.54) is 7.11 Å². The minimum atomic E-state index is -0.600. The second kappa shape index (κ2) is 11.0. The molecule has 39 heavy (non-hydrogen) atoms. The van der Waals surface area contributed by atoms with Crippen LogP contribution in [0.3, 0.4) is 0 Å². The molecule has 11 heteroatoms. The minimum absolute atomic E-state index is 0.206. The first-order chi connectivity index (χ1) is 19.0. The average Bonchev–Trinajstić information content (AvgIpc) is 3.54. The smallest absolute Gasteiger partial charge is 0.411 e. The molecule has 2 aromatic heterocycles. The lowest BCUT2D eigenvalue weighted by molar-refractivity contribution is 0.0516. The molecule has 0 aliphatic heterocycles. The van der Waals surface area contributed by atoms with Gasteiger partial charge in [-0.25, -0.2) is 9.59 Å². The molecule has 10 nitrogen and oxygen atoms in total. The summed E-state index contributed by atoms with van der Waals surface area (Å²) in [5.41, 5.74) is 5.54. The Labute approximate surface area is 228 Å². The molecule has 0 radical (unpaired) electrons. The van der Waals surface area contributed by atoms with Gasteiger partial charge in [0.15, 0.2) is 11.5 Å². The van der Waals surface area contributed by atoms with Crippen molar-refractivity contribution in [1.82, 2.24) is 13.3 Å². The Morgan fingerprint density at radius 3 is 2.46 bits per heavy atom. The summed E-state index contributed by atoms with van der Waals surface area (Å²) in [5.74, 6) is 0.592. The molecular weight excluding hydrogens is 520 g/mol. The van der Waals surface area contributed by atoms with E-state index in [9.17, 15) is 9.59 Å². The molecule has 1 N–H and O–H groups in total. The third kappa shape index (κ3) is 4.96. The van der Waals surface area contributed by atoms with Crippen molar-refractivity contribution in [1.29, 1.82) is 0 Å². The molecule has 0 aliphatic rings. The number of fused-ring (bicyclic) bond motifs is 2. The Morgan fingerprint density at radius 1 is 0.923 bits per heavy atom. The van der Waals surface area contributed by atoms with Crippen LogP contribution in [-0.2, 0) is 16.0 Å². The van der Waals surface area contributed by atoms with Crippen LogP contribution in [0.4, 0.5) is 10.5 Å². The van der Waals surface area contributed by atoms with Crippen molar-refractivity contribution >= 4 is 51.4 Å². The number of benzene rings is 3. The summed E-state index contributed by atoms with van der Waals surface area (Å²) in [5, 5.41) is 3.44. The summed E-state index contributed by atoms with van der Waals surface area (Å²) < 4.78 is 31.9. The molecule has 200 valence electrons. The van der Waals surface area contributed by atoms with Crippen LogP contribution in [-0.4, -0.2) is 53.3 Å². The van der Waals surface area contributed by atoms with Gasteiger partial charge < -0.3 is 23.5 Å². The third-order valence-electron chi connectivity index (χ3n) is 6.30. The second-order valence-corrected chi connectivity index (χ2v) is 9.06. The summed E-state index contributed by atoms with van der Waals surface area (Å²) in [6.07, 6.45) is -0.600. The summed E-state index contributed by atoms with van der Waals surface area (Å²) in [7, 11) is 4.42. The van der Waals surface area contributed by atoms with Gasteiger partial charge in [-0.1, -0.05) is 12.1 Å². The van der Waals surface area contributed by atoms with Crippen molar-refractivity contribution in [2.45, 2.75) is 13.5 Å². The van der Waals surface area contributed by atoms with Crippen LogP contribution in [0.2, 0.25) is 0 Å². The molecule has 3 aromatic carbocycles. The molecular formula is C28H26N4O6S. The molecule has 0 saturated heterocycles. The van der Waals surface area contributed by atoms with E-state index in [-0.39, 0.29) is 6.61 Å². The Bertz CT molecular complexity index is 1690. The van der Waals surface area contributed by atoms with Gasteiger partial charge >= 0.3 is 12.1 Å². The second-order valence-electron chi connectivity index (χ2n) is 8.54. The van der Waals surface area contributed by atoms with Crippen molar-refractivity contribution in [3.63, 3.8) is 0 Å². The van der Waals surface area contributed by atoms with Crippen LogP contribution >= 0.6 is 11.7 Å². The topological polar surface area (TPSA) is 114 Å². The van der Waals surface area contributed by atoms with Gasteiger partial charge in [-0.15, -0.1) is 0 Å². The number of ether oxygens (including phenoxy) is 4. The fourth-order valence-corrected chi connectivity index (χ4v) is 5.09. The maximum Gasteiger partial charge on any atom is 0.411 e. The maximum absolute atomic E-state index is 13.6. The first kappa shape index (κ1) is 26.0. The zero-order valence-electron chi connectivity index (χ0n) is 21.8. The van der Waals surface area contributed by atoms with E-state index < -0.39 is 12.1 Å². The highest BCUT2D eigenvalue weighted by molar-refractivity contribution is 7.00. The Morgan fingerprint density at radius 2 is 1.72 bits per heavy atom. The molecule has 5 aromatic rings. The van der Waals surface area contributed by atoms with E-state index in [0.717, 1.165) is 39.2 Å². The van der Waals surface area contributed by atoms with E-state index in [1.54, 1.807) is 33.3 Å². The molecule has 2 heterocycles. The number of esters is 1. The van der Waals surface area contributed by atoms with Crippen molar-refractivity contribution in [3.05, 3.63) is 65.9 Å². The lowest BCUT2D eigenvalue weighted by Crippen LogP contribution is -2.14. The van der Waals surface area contributed by atoms with Gasteiger partial charge in [-0.2, -0.15) is 8.75 Å². The number of carbonyl (C=O) groups excluding carboxylic acids is 2. The number of aromatic nitrogens is 3. The highest BCUT2D eigenvalue weighted by Crippen LogP contribution is 2.41. The Kier molecular flexibility index (Phi) is 7.33. The third-order valence-corrected chi connectivity index (χ3v) is 6.85. The molecule has 0 saturated carbocycles. The summed E-state index contributed by atoms with van der Waals surface area (Å²) in [6.45, 7) is 2.34. The molecule has 0 aliphatic carbocycles. The number of carbonyl (C=O) groups is 2. The summed E-state index contributed by atoms with van der Waals surface area (Å²) in [4.78, 5) is 25.5. The predicted octanol–water partition coefficient (Wildman–Crippen LogP) is 5.73. The number of amides is 1. The first-order valence-electron chi connectivity index (χ1n) is 12.1. The fraction of sp³-hybridized carbons (Fsp3) is 0.214. The van der Waals surface area contributed by atoms with Crippen LogP contribution in [0.25, 0.3) is 33.1 Å². The largest absolute Gasteiger partial charge is 0.493 e. The highest BCUT2D eigenvalue weighted by atomic mass is 32.1. The van der Waals surface area contributed by atoms with E-state index in [2.05, 4.69) is 14.1 Å². The number of hydrogen-bond acceptors (Lipinski definition) is 9. The normalized spacial score (nSPS) is 11.0. The number of hydrogen-bond donors (Lipinski definition) is 1. The fourth-order valence-electron chi connectivity index (χ4n) is 4.57. The summed E-state index contributed by atoms with van der Waals surface area (Å²) in [6, 6.07) is 16.7. The van der Waals surface area contributed by atoms with Crippen molar-refractivity contribution in [2.75, 3.05) is 33.3 Å². The van der Waals surface area contributed by atoms with Gasteiger partial charge in [0.05, 0.1) is 39.7 Å². The van der Waals surface area contributed by atoms with Gasteiger partial charge in [0.1, 0.15) is 16.7 Å². The number of nitrogens with zero attached hydrogens (tertiary/aromatic N) is 3. The highest BCUT2D eigenvalue weighted by Gasteiger charge is 2.26. The lowest BCUT2D eigenvalue weighted by atomic mass is 10.0.